The van der Waals surface area contributed by atoms with Crippen LogP contribution in [-0.4, -0.2) is 11.8 Å². The maximum Gasteiger partial charge on any atom is 0.313 e. The van der Waals surface area contributed by atoms with Crippen LogP contribution in [0.2, 0.25) is 0 Å². The number of aryl methyl sites for hydroxylation is 2. The van der Waals surface area contributed by atoms with Crippen molar-refractivity contribution in [1.82, 2.24) is 5.32 Å². The SMILES string of the molecule is Cc1ccc(NC(=O)C(=O)NCc2ccc(F)cc2)cc1C. The van der Waals surface area contributed by atoms with E-state index >= 15 is 0 Å². The number of carbonyl (C=O) groups excluding carboxylic acids is 2. The van der Waals surface area contributed by atoms with Crippen molar-refractivity contribution < 1.29 is 14.0 Å². The molecule has 2 N–H and O–H groups in total. The number of rotatable bonds is 3. The average Bonchev–Trinajstić information content (AvgIpc) is 2.50. The van der Waals surface area contributed by atoms with Crippen molar-refractivity contribution >= 4 is 17.5 Å². The van der Waals surface area contributed by atoms with E-state index in [-0.39, 0.29) is 12.4 Å². The molecule has 0 radical (unpaired) electrons. The van der Waals surface area contributed by atoms with Crippen LogP contribution in [0.4, 0.5) is 10.1 Å². The number of amides is 2. The van der Waals surface area contributed by atoms with E-state index in [9.17, 15) is 14.0 Å². The Morgan fingerprint density at radius 3 is 2.27 bits per heavy atom. The molecule has 0 saturated heterocycles. The van der Waals surface area contributed by atoms with Crippen molar-refractivity contribution in [2.75, 3.05) is 5.32 Å². The third kappa shape index (κ3) is 4.15. The Hall–Kier alpha value is -2.69. The molecule has 2 aromatic carbocycles. The third-order valence-electron chi connectivity index (χ3n) is 3.34. The highest BCUT2D eigenvalue weighted by Gasteiger charge is 2.13. The summed E-state index contributed by atoms with van der Waals surface area (Å²) in [5.41, 5.74) is 3.43. The Morgan fingerprint density at radius 2 is 1.64 bits per heavy atom. The fourth-order valence-electron chi connectivity index (χ4n) is 1.87. The second kappa shape index (κ2) is 6.85. The molecule has 0 spiro atoms. The van der Waals surface area contributed by atoms with E-state index in [1.54, 1.807) is 24.3 Å². The summed E-state index contributed by atoms with van der Waals surface area (Å²) in [6.45, 7) is 4.06. The maximum absolute atomic E-state index is 12.8. The maximum atomic E-state index is 12.8. The molecule has 0 heterocycles. The van der Waals surface area contributed by atoms with Crippen molar-refractivity contribution in [2.45, 2.75) is 20.4 Å². The van der Waals surface area contributed by atoms with E-state index < -0.39 is 11.8 Å². The van der Waals surface area contributed by atoms with E-state index in [1.807, 2.05) is 19.9 Å². The van der Waals surface area contributed by atoms with Crippen molar-refractivity contribution in [2.24, 2.45) is 0 Å². The topological polar surface area (TPSA) is 58.2 Å². The molecule has 114 valence electrons. The van der Waals surface area contributed by atoms with Crippen LogP contribution in [0.1, 0.15) is 16.7 Å². The molecule has 2 rings (SSSR count). The van der Waals surface area contributed by atoms with Gasteiger partial charge >= 0.3 is 11.8 Å². The van der Waals surface area contributed by atoms with Gasteiger partial charge < -0.3 is 10.6 Å². The molecule has 2 aromatic rings. The number of anilines is 1. The summed E-state index contributed by atoms with van der Waals surface area (Å²) in [6.07, 6.45) is 0. The smallest absolute Gasteiger partial charge is 0.313 e. The molecule has 0 aliphatic rings. The van der Waals surface area contributed by atoms with Crippen molar-refractivity contribution in [3.63, 3.8) is 0 Å². The van der Waals surface area contributed by atoms with Gasteiger partial charge in [-0.05, 0) is 54.8 Å². The van der Waals surface area contributed by atoms with Gasteiger partial charge in [0.2, 0.25) is 0 Å². The lowest BCUT2D eigenvalue weighted by atomic mass is 10.1. The average molecular weight is 300 g/mol. The molecule has 0 aliphatic carbocycles. The summed E-state index contributed by atoms with van der Waals surface area (Å²) in [5, 5.41) is 5.04. The van der Waals surface area contributed by atoms with Gasteiger partial charge in [0.15, 0.2) is 0 Å². The molecule has 2 amide bonds. The molecule has 4 nitrogen and oxygen atoms in total. The second-order valence-corrected chi connectivity index (χ2v) is 5.06. The predicted molar refractivity (Wildman–Crippen MR) is 82.8 cm³/mol. The summed E-state index contributed by atoms with van der Waals surface area (Å²) >= 11 is 0. The van der Waals surface area contributed by atoms with Gasteiger partial charge in [0.25, 0.3) is 0 Å². The molecule has 0 atom stereocenters. The number of halogens is 1. The number of hydrogen-bond donors (Lipinski definition) is 2. The minimum absolute atomic E-state index is 0.166. The van der Waals surface area contributed by atoms with Crippen LogP contribution in [0.25, 0.3) is 0 Å². The minimum Gasteiger partial charge on any atom is -0.344 e. The van der Waals surface area contributed by atoms with Crippen molar-refractivity contribution in [3.8, 4) is 0 Å². The molecule has 0 bridgehead atoms. The Morgan fingerprint density at radius 1 is 0.955 bits per heavy atom. The first kappa shape index (κ1) is 15.7. The highest BCUT2D eigenvalue weighted by atomic mass is 19.1. The predicted octanol–water partition coefficient (Wildman–Crippen LogP) is 2.70. The first-order valence-corrected chi connectivity index (χ1v) is 6.86. The Balaban J connectivity index is 1.90. The van der Waals surface area contributed by atoms with Crippen LogP contribution in [0.5, 0.6) is 0 Å². The lowest BCUT2D eigenvalue weighted by molar-refractivity contribution is -0.136. The van der Waals surface area contributed by atoms with Gasteiger partial charge in [-0.25, -0.2) is 4.39 Å². The van der Waals surface area contributed by atoms with E-state index in [0.29, 0.717) is 11.3 Å². The number of nitrogens with one attached hydrogen (secondary N) is 2. The van der Waals surface area contributed by atoms with Gasteiger partial charge in [-0.3, -0.25) is 9.59 Å². The summed E-state index contributed by atoms with van der Waals surface area (Å²) in [6, 6.07) is 11.1. The van der Waals surface area contributed by atoms with Crippen LogP contribution in [0.3, 0.4) is 0 Å². The molecule has 0 fully saturated rings. The first-order chi connectivity index (χ1) is 10.5. The van der Waals surface area contributed by atoms with E-state index in [2.05, 4.69) is 10.6 Å². The number of hydrogen-bond acceptors (Lipinski definition) is 2. The quantitative estimate of drug-likeness (QED) is 0.856. The highest BCUT2D eigenvalue weighted by Crippen LogP contribution is 2.13. The normalized spacial score (nSPS) is 10.1. The van der Waals surface area contributed by atoms with Crippen LogP contribution >= 0.6 is 0 Å². The standard InChI is InChI=1S/C17H17FN2O2/c1-11-3-8-15(9-12(11)2)20-17(22)16(21)19-10-13-4-6-14(18)7-5-13/h3-9H,10H2,1-2H3,(H,19,21)(H,20,22). The van der Waals surface area contributed by atoms with Crippen LogP contribution in [0.15, 0.2) is 42.5 Å². The monoisotopic (exact) mass is 300 g/mol. The van der Waals surface area contributed by atoms with Gasteiger partial charge in [0.05, 0.1) is 0 Å². The first-order valence-electron chi connectivity index (χ1n) is 6.86. The summed E-state index contributed by atoms with van der Waals surface area (Å²) in [5.74, 6) is -1.81. The second-order valence-electron chi connectivity index (χ2n) is 5.06. The molecule has 0 unspecified atom stereocenters. The fourth-order valence-corrected chi connectivity index (χ4v) is 1.87. The highest BCUT2D eigenvalue weighted by molar-refractivity contribution is 6.39. The Bertz CT molecular complexity index is 696. The van der Waals surface area contributed by atoms with Gasteiger partial charge in [0.1, 0.15) is 5.82 Å². The lowest BCUT2D eigenvalue weighted by Gasteiger charge is -2.08. The van der Waals surface area contributed by atoms with Gasteiger partial charge in [0, 0.05) is 12.2 Å². The van der Waals surface area contributed by atoms with Gasteiger partial charge in [-0.1, -0.05) is 18.2 Å². The van der Waals surface area contributed by atoms with E-state index in [1.165, 1.54) is 12.1 Å². The molecule has 22 heavy (non-hydrogen) atoms. The molecule has 0 aromatic heterocycles. The molecular formula is C17H17FN2O2. The van der Waals surface area contributed by atoms with Crippen LogP contribution in [0, 0.1) is 19.7 Å². The summed E-state index contributed by atoms with van der Waals surface area (Å²) in [4.78, 5) is 23.5. The van der Waals surface area contributed by atoms with Crippen LogP contribution in [-0.2, 0) is 16.1 Å². The number of benzene rings is 2. The van der Waals surface area contributed by atoms with Gasteiger partial charge in [-0.15, -0.1) is 0 Å². The van der Waals surface area contributed by atoms with Crippen molar-refractivity contribution in [1.29, 1.82) is 0 Å². The zero-order valence-electron chi connectivity index (χ0n) is 12.4. The molecule has 0 saturated carbocycles. The summed E-state index contributed by atoms with van der Waals surface area (Å²) in [7, 11) is 0. The van der Waals surface area contributed by atoms with E-state index in [4.69, 9.17) is 0 Å². The zero-order chi connectivity index (χ0) is 16.1. The van der Waals surface area contributed by atoms with Crippen molar-refractivity contribution in [3.05, 3.63) is 65.0 Å². The molecule has 5 heteroatoms. The molecular weight excluding hydrogens is 283 g/mol. The van der Waals surface area contributed by atoms with E-state index in [0.717, 1.165) is 11.1 Å². The minimum atomic E-state index is -0.734. The molecule has 0 aliphatic heterocycles. The third-order valence-corrected chi connectivity index (χ3v) is 3.34. The fraction of sp³-hybridized carbons (Fsp3) is 0.176. The van der Waals surface area contributed by atoms with Crippen LogP contribution < -0.4 is 10.6 Å². The lowest BCUT2D eigenvalue weighted by Crippen LogP contribution is -2.34. The van der Waals surface area contributed by atoms with Gasteiger partial charge in [-0.2, -0.15) is 0 Å². The zero-order valence-corrected chi connectivity index (χ0v) is 12.4. The Labute approximate surface area is 128 Å². The Kier molecular flexibility index (Phi) is 4.88. The summed E-state index contributed by atoms with van der Waals surface area (Å²) < 4.78 is 12.8. The largest absolute Gasteiger partial charge is 0.344 e. The number of carbonyl (C=O) groups is 2.